The Morgan fingerprint density at radius 3 is 3.00 bits per heavy atom. The Bertz CT molecular complexity index is 235. The molecule has 0 bridgehead atoms. The molecule has 1 unspecified atom stereocenters. The van der Waals surface area contributed by atoms with Gasteiger partial charge in [0.2, 0.25) is 5.64 Å². The molecule has 0 saturated heterocycles. The number of rotatable bonds is 2. The van der Waals surface area contributed by atoms with Crippen LogP contribution in [-0.4, -0.2) is 25.2 Å². The predicted octanol–water partition coefficient (Wildman–Crippen LogP) is -0.122. The smallest absolute Gasteiger partial charge is 0.363 e. The average molecular weight is 172 g/mol. The Hall–Kier alpha value is -0.730. The number of carbonyl (C=O) groups excluding carboxylic acids is 1. The van der Waals surface area contributed by atoms with Gasteiger partial charge in [0, 0.05) is 6.54 Å². The quantitative estimate of drug-likeness (QED) is 0.359. The SMILES string of the molecule is CNC/C=C1\N=C(P)OC1=O. The van der Waals surface area contributed by atoms with Crippen LogP contribution < -0.4 is 5.32 Å². The van der Waals surface area contributed by atoms with Crippen LogP contribution >= 0.6 is 9.24 Å². The van der Waals surface area contributed by atoms with Gasteiger partial charge in [-0.05, 0) is 22.4 Å². The van der Waals surface area contributed by atoms with Crippen molar-refractivity contribution < 1.29 is 9.53 Å². The van der Waals surface area contributed by atoms with Crippen LogP contribution in [0, 0.1) is 0 Å². The first-order chi connectivity index (χ1) is 5.24. The van der Waals surface area contributed by atoms with Crippen molar-refractivity contribution in [3.8, 4) is 0 Å². The average Bonchev–Trinajstić information content (AvgIpc) is 2.26. The second-order valence-electron chi connectivity index (χ2n) is 1.99. The molecule has 1 heterocycles. The van der Waals surface area contributed by atoms with Crippen LogP contribution in [0.5, 0.6) is 0 Å². The maximum absolute atomic E-state index is 10.8. The zero-order chi connectivity index (χ0) is 8.27. The highest BCUT2D eigenvalue weighted by Crippen LogP contribution is 2.12. The molecular formula is C6H9N2O2P. The van der Waals surface area contributed by atoms with Crippen molar-refractivity contribution >= 4 is 20.8 Å². The van der Waals surface area contributed by atoms with Gasteiger partial charge in [-0.3, -0.25) is 0 Å². The van der Waals surface area contributed by atoms with E-state index >= 15 is 0 Å². The molecule has 0 spiro atoms. The molecule has 0 fully saturated rings. The van der Waals surface area contributed by atoms with E-state index in [0.29, 0.717) is 17.9 Å². The van der Waals surface area contributed by atoms with Crippen molar-refractivity contribution in [1.29, 1.82) is 0 Å². The number of ether oxygens (including phenoxy) is 1. The van der Waals surface area contributed by atoms with Gasteiger partial charge >= 0.3 is 5.97 Å². The van der Waals surface area contributed by atoms with Crippen molar-refractivity contribution in [3.05, 3.63) is 11.8 Å². The number of hydrogen-bond donors (Lipinski definition) is 1. The van der Waals surface area contributed by atoms with Crippen LogP contribution in [0.3, 0.4) is 0 Å². The molecule has 0 saturated carbocycles. The van der Waals surface area contributed by atoms with E-state index in [9.17, 15) is 4.79 Å². The summed E-state index contributed by atoms with van der Waals surface area (Å²) < 4.78 is 4.65. The van der Waals surface area contributed by atoms with E-state index in [1.165, 1.54) is 0 Å². The highest BCUT2D eigenvalue weighted by Gasteiger charge is 2.18. The number of nitrogens with one attached hydrogen (secondary N) is 1. The van der Waals surface area contributed by atoms with E-state index in [2.05, 4.69) is 24.3 Å². The minimum Gasteiger partial charge on any atom is -0.403 e. The summed E-state index contributed by atoms with van der Waals surface area (Å²) in [6.07, 6.45) is 1.68. The van der Waals surface area contributed by atoms with E-state index in [1.807, 2.05) is 0 Å². The molecule has 5 heteroatoms. The third-order valence-electron chi connectivity index (χ3n) is 1.14. The summed E-state index contributed by atoms with van der Waals surface area (Å²) in [6, 6.07) is 0. The molecule has 1 rings (SSSR count). The molecule has 60 valence electrons. The van der Waals surface area contributed by atoms with E-state index in [-0.39, 0.29) is 5.97 Å². The van der Waals surface area contributed by atoms with Crippen LogP contribution in [0.25, 0.3) is 0 Å². The number of carbonyl (C=O) groups is 1. The Kier molecular flexibility index (Phi) is 2.74. The summed E-state index contributed by atoms with van der Waals surface area (Å²) in [4.78, 5) is 14.7. The number of likely N-dealkylation sites (N-methyl/N-ethyl adjacent to an activating group) is 1. The lowest BCUT2D eigenvalue weighted by Crippen LogP contribution is -2.07. The summed E-state index contributed by atoms with van der Waals surface area (Å²) in [7, 11) is 4.03. The van der Waals surface area contributed by atoms with Crippen LogP contribution in [0.1, 0.15) is 0 Å². The van der Waals surface area contributed by atoms with Gasteiger partial charge in [0.15, 0.2) is 0 Å². The first kappa shape index (κ1) is 8.37. The standard InChI is InChI=1S/C6H9N2O2P/c1-7-3-2-4-5(9)10-6(11)8-4/h2,7H,3,11H2,1H3/b4-2-. The first-order valence-corrected chi connectivity index (χ1v) is 3.73. The summed E-state index contributed by atoms with van der Waals surface area (Å²) in [5, 5.41) is 2.87. The first-order valence-electron chi connectivity index (χ1n) is 3.15. The molecule has 1 aliphatic rings. The zero-order valence-electron chi connectivity index (χ0n) is 6.13. The minimum absolute atomic E-state index is 0.331. The molecule has 0 radical (unpaired) electrons. The molecule has 0 aromatic heterocycles. The lowest BCUT2D eigenvalue weighted by Gasteiger charge is -1.89. The maximum Gasteiger partial charge on any atom is 0.363 e. The van der Waals surface area contributed by atoms with Crippen molar-refractivity contribution in [2.75, 3.05) is 13.6 Å². The van der Waals surface area contributed by atoms with Gasteiger partial charge in [-0.1, -0.05) is 0 Å². The normalized spacial score (nSPS) is 20.4. The summed E-state index contributed by atoms with van der Waals surface area (Å²) in [6.45, 7) is 0.617. The van der Waals surface area contributed by atoms with Crippen molar-refractivity contribution in [3.63, 3.8) is 0 Å². The minimum atomic E-state index is -0.384. The van der Waals surface area contributed by atoms with Crippen LogP contribution in [0.2, 0.25) is 0 Å². The van der Waals surface area contributed by atoms with E-state index < -0.39 is 0 Å². The van der Waals surface area contributed by atoms with Gasteiger partial charge in [-0.2, -0.15) is 0 Å². The van der Waals surface area contributed by atoms with Gasteiger partial charge in [-0.25, -0.2) is 9.79 Å². The van der Waals surface area contributed by atoms with Crippen molar-refractivity contribution in [2.24, 2.45) is 4.99 Å². The third kappa shape index (κ3) is 2.10. The van der Waals surface area contributed by atoms with E-state index in [0.717, 1.165) is 0 Å². The van der Waals surface area contributed by atoms with Crippen LogP contribution in [0.4, 0.5) is 0 Å². The number of esters is 1. The third-order valence-corrected chi connectivity index (χ3v) is 1.38. The Morgan fingerprint density at radius 1 is 1.82 bits per heavy atom. The summed E-state index contributed by atoms with van der Waals surface area (Å²) >= 11 is 0. The fourth-order valence-corrected chi connectivity index (χ4v) is 0.908. The molecule has 11 heavy (non-hydrogen) atoms. The number of cyclic esters (lactones) is 1. The lowest BCUT2D eigenvalue weighted by molar-refractivity contribution is -0.129. The predicted molar refractivity (Wildman–Crippen MR) is 45.2 cm³/mol. The van der Waals surface area contributed by atoms with Crippen molar-refractivity contribution in [1.82, 2.24) is 5.32 Å². The van der Waals surface area contributed by atoms with Crippen LogP contribution in [0.15, 0.2) is 16.8 Å². The molecular weight excluding hydrogens is 163 g/mol. The number of aliphatic imine (C=N–C) groups is 1. The van der Waals surface area contributed by atoms with Crippen molar-refractivity contribution in [2.45, 2.75) is 0 Å². The molecule has 0 aromatic rings. The lowest BCUT2D eigenvalue weighted by atomic mass is 10.4. The molecule has 0 amide bonds. The van der Waals surface area contributed by atoms with Gasteiger partial charge < -0.3 is 10.1 Å². The topological polar surface area (TPSA) is 50.7 Å². The van der Waals surface area contributed by atoms with Gasteiger partial charge in [-0.15, -0.1) is 0 Å². The fraction of sp³-hybridized carbons (Fsp3) is 0.333. The molecule has 1 atom stereocenters. The highest BCUT2D eigenvalue weighted by molar-refractivity contribution is 7.40. The number of hydrogen-bond acceptors (Lipinski definition) is 4. The molecule has 4 nitrogen and oxygen atoms in total. The maximum atomic E-state index is 10.8. The Morgan fingerprint density at radius 2 is 2.55 bits per heavy atom. The molecule has 1 N–H and O–H groups in total. The van der Waals surface area contributed by atoms with Crippen LogP contribution in [-0.2, 0) is 9.53 Å². The Balaban J connectivity index is 2.65. The second-order valence-corrected chi connectivity index (χ2v) is 2.48. The van der Waals surface area contributed by atoms with E-state index in [4.69, 9.17) is 0 Å². The number of nitrogens with zero attached hydrogens (tertiary/aromatic N) is 1. The second kappa shape index (κ2) is 3.60. The summed E-state index contributed by atoms with van der Waals surface area (Å²) in [5.41, 5.74) is 0.696. The molecule has 0 aromatic carbocycles. The fourth-order valence-electron chi connectivity index (χ4n) is 0.662. The largest absolute Gasteiger partial charge is 0.403 e. The Labute approximate surface area is 66.9 Å². The van der Waals surface area contributed by atoms with E-state index in [1.54, 1.807) is 13.1 Å². The monoisotopic (exact) mass is 172 g/mol. The van der Waals surface area contributed by atoms with Gasteiger partial charge in [0.25, 0.3) is 0 Å². The van der Waals surface area contributed by atoms with Gasteiger partial charge in [0.05, 0.1) is 0 Å². The summed E-state index contributed by atoms with van der Waals surface area (Å²) in [5.74, 6) is -0.384. The highest BCUT2D eigenvalue weighted by atomic mass is 31.0. The molecule has 1 aliphatic heterocycles. The zero-order valence-corrected chi connectivity index (χ0v) is 7.28. The molecule has 0 aliphatic carbocycles. The van der Waals surface area contributed by atoms with Gasteiger partial charge in [0.1, 0.15) is 5.70 Å².